The minimum atomic E-state index is -0.695. The average molecular weight is 396 g/mol. The van der Waals surface area contributed by atoms with Crippen LogP contribution < -0.4 is 5.32 Å². The van der Waals surface area contributed by atoms with Crippen LogP contribution in [0.2, 0.25) is 0 Å². The Morgan fingerprint density at radius 3 is 2.38 bits per heavy atom. The summed E-state index contributed by atoms with van der Waals surface area (Å²) in [5, 5.41) is 7.51. The van der Waals surface area contributed by atoms with Gasteiger partial charge in [0.25, 0.3) is 0 Å². The molecule has 6 nitrogen and oxygen atoms in total. The highest BCUT2D eigenvalue weighted by atomic mass is 19.1. The zero-order valence-electron chi connectivity index (χ0n) is 16.8. The Balaban J connectivity index is 1.80. The minimum Gasteiger partial charge on any atom is -0.465 e. The fourth-order valence-corrected chi connectivity index (χ4v) is 3.54. The molecule has 0 aliphatic carbocycles. The summed E-state index contributed by atoms with van der Waals surface area (Å²) >= 11 is 0. The quantitative estimate of drug-likeness (QED) is 0.544. The van der Waals surface area contributed by atoms with Gasteiger partial charge in [0.1, 0.15) is 18.5 Å². The molecule has 0 amide bonds. The van der Waals surface area contributed by atoms with Crippen molar-refractivity contribution in [3.63, 3.8) is 0 Å². The summed E-state index contributed by atoms with van der Waals surface area (Å²) in [4.78, 5) is 15.6. The first-order chi connectivity index (χ1) is 14.1. The Morgan fingerprint density at radius 1 is 1.14 bits per heavy atom. The number of hydrogen-bond acceptors (Lipinski definition) is 5. The molecule has 3 rings (SSSR count). The SMILES string of the molecule is CCC(CC)C(c1ccc(Nc2ccc(C(=O)OC)c(F)c2)cc1)n1cncn1. The lowest BCUT2D eigenvalue weighted by atomic mass is 9.89. The van der Waals surface area contributed by atoms with Gasteiger partial charge in [0.2, 0.25) is 0 Å². The molecule has 0 saturated carbocycles. The lowest BCUT2D eigenvalue weighted by Crippen LogP contribution is -2.20. The Kier molecular flexibility index (Phi) is 6.59. The number of methoxy groups -OCH3 is 1. The van der Waals surface area contributed by atoms with Crippen LogP contribution in [-0.2, 0) is 4.74 Å². The van der Waals surface area contributed by atoms with E-state index in [2.05, 4.69) is 34.0 Å². The largest absolute Gasteiger partial charge is 0.465 e. The van der Waals surface area contributed by atoms with Crippen molar-refractivity contribution in [3.05, 3.63) is 72.1 Å². The molecule has 0 aliphatic heterocycles. The van der Waals surface area contributed by atoms with Gasteiger partial charge in [-0.2, -0.15) is 5.10 Å². The highest BCUT2D eigenvalue weighted by Crippen LogP contribution is 2.31. The molecule has 1 N–H and O–H groups in total. The topological polar surface area (TPSA) is 69.0 Å². The van der Waals surface area contributed by atoms with Gasteiger partial charge in [-0.3, -0.25) is 0 Å². The van der Waals surface area contributed by atoms with Crippen LogP contribution >= 0.6 is 0 Å². The van der Waals surface area contributed by atoms with Crippen LogP contribution in [0.5, 0.6) is 0 Å². The summed E-state index contributed by atoms with van der Waals surface area (Å²) in [5.41, 5.74) is 2.42. The number of hydrogen-bond donors (Lipinski definition) is 1. The summed E-state index contributed by atoms with van der Waals surface area (Å²) in [6.45, 7) is 4.36. The van der Waals surface area contributed by atoms with E-state index in [0.717, 1.165) is 24.1 Å². The molecule has 0 fully saturated rings. The van der Waals surface area contributed by atoms with Gasteiger partial charge in [-0.15, -0.1) is 0 Å². The predicted molar refractivity (Wildman–Crippen MR) is 110 cm³/mol. The van der Waals surface area contributed by atoms with Crippen LogP contribution in [0.25, 0.3) is 0 Å². The number of rotatable bonds is 8. The second-order valence-electron chi connectivity index (χ2n) is 6.83. The maximum Gasteiger partial charge on any atom is 0.340 e. The van der Waals surface area contributed by atoms with Gasteiger partial charge in [-0.05, 0) is 41.8 Å². The second kappa shape index (κ2) is 9.32. The molecule has 7 heteroatoms. The summed E-state index contributed by atoms with van der Waals surface area (Å²) in [7, 11) is 1.23. The highest BCUT2D eigenvalue weighted by Gasteiger charge is 2.23. The zero-order valence-corrected chi connectivity index (χ0v) is 16.8. The molecule has 0 bridgehead atoms. The van der Waals surface area contributed by atoms with Gasteiger partial charge in [0.15, 0.2) is 0 Å². The number of carbonyl (C=O) groups excluding carboxylic acids is 1. The van der Waals surface area contributed by atoms with Crippen LogP contribution in [0, 0.1) is 11.7 Å². The Morgan fingerprint density at radius 2 is 1.83 bits per heavy atom. The smallest absolute Gasteiger partial charge is 0.340 e. The van der Waals surface area contributed by atoms with E-state index in [1.807, 2.05) is 28.9 Å². The molecule has 0 radical (unpaired) electrons. The Hall–Kier alpha value is -3.22. The number of benzene rings is 2. The summed E-state index contributed by atoms with van der Waals surface area (Å²) in [6.07, 6.45) is 5.37. The summed E-state index contributed by atoms with van der Waals surface area (Å²) in [6, 6.07) is 12.4. The van der Waals surface area contributed by atoms with Crippen molar-refractivity contribution < 1.29 is 13.9 Å². The van der Waals surface area contributed by atoms with Gasteiger partial charge in [-0.25, -0.2) is 18.9 Å². The van der Waals surface area contributed by atoms with Gasteiger partial charge >= 0.3 is 5.97 Å². The summed E-state index contributed by atoms with van der Waals surface area (Å²) < 4.78 is 20.6. The lowest BCUT2D eigenvalue weighted by molar-refractivity contribution is 0.0595. The maximum atomic E-state index is 14.1. The van der Waals surface area contributed by atoms with Gasteiger partial charge < -0.3 is 10.1 Å². The third kappa shape index (κ3) is 4.62. The Bertz CT molecular complexity index is 938. The second-order valence-corrected chi connectivity index (χ2v) is 6.83. The average Bonchev–Trinajstić information content (AvgIpc) is 3.26. The van der Waals surface area contributed by atoms with Gasteiger partial charge in [0.05, 0.1) is 18.7 Å². The molecule has 3 aromatic rings. The molecule has 2 aromatic carbocycles. The molecule has 1 unspecified atom stereocenters. The standard InChI is InChI=1S/C22H25FN4O2/c1-4-15(5-2)21(27-14-24-13-25-27)16-6-8-17(9-7-16)26-18-10-11-19(20(23)12-18)22(28)29-3/h6-15,21,26H,4-5H2,1-3H3. The molecule has 1 atom stereocenters. The van der Waals surface area contributed by atoms with Gasteiger partial charge in [-0.1, -0.05) is 38.8 Å². The van der Waals surface area contributed by atoms with Crippen molar-refractivity contribution in [3.8, 4) is 0 Å². The third-order valence-corrected chi connectivity index (χ3v) is 5.13. The van der Waals surface area contributed by atoms with E-state index in [-0.39, 0.29) is 11.6 Å². The molecule has 1 heterocycles. The first kappa shape index (κ1) is 20.5. The molecular formula is C22H25FN4O2. The molecule has 29 heavy (non-hydrogen) atoms. The van der Waals surface area contributed by atoms with Crippen molar-refractivity contribution in [2.24, 2.45) is 5.92 Å². The van der Waals surface area contributed by atoms with Crippen LogP contribution in [0.1, 0.15) is 48.7 Å². The van der Waals surface area contributed by atoms with Crippen molar-refractivity contribution in [1.82, 2.24) is 14.8 Å². The van der Waals surface area contributed by atoms with E-state index in [1.54, 1.807) is 18.7 Å². The van der Waals surface area contributed by atoms with E-state index >= 15 is 0 Å². The van der Waals surface area contributed by atoms with E-state index < -0.39 is 11.8 Å². The first-order valence-corrected chi connectivity index (χ1v) is 9.66. The monoisotopic (exact) mass is 396 g/mol. The number of nitrogens with one attached hydrogen (secondary N) is 1. The van der Waals surface area contributed by atoms with E-state index in [4.69, 9.17) is 0 Å². The predicted octanol–water partition coefficient (Wildman–Crippen LogP) is 4.97. The van der Waals surface area contributed by atoms with Gasteiger partial charge in [0, 0.05) is 11.4 Å². The molecule has 1 aromatic heterocycles. The lowest BCUT2D eigenvalue weighted by Gasteiger charge is -2.26. The van der Waals surface area contributed by atoms with Crippen LogP contribution in [-0.4, -0.2) is 27.8 Å². The number of halogens is 1. The number of nitrogens with zero attached hydrogens (tertiary/aromatic N) is 3. The Labute approximate surface area is 169 Å². The molecule has 0 spiro atoms. The number of anilines is 2. The molecule has 0 saturated heterocycles. The van der Waals surface area contributed by atoms with Crippen molar-refractivity contribution in [1.29, 1.82) is 0 Å². The number of carbonyl (C=O) groups is 1. The van der Waals surface area contributed by atoms with E-state index in [1.165, 1.54) is 19.2 Å². The minimum absolute atomic E-state index is 0.0887. The number of esters is 1. The van der Waals surface area contributed by atoms with Crippen LogP contribution in [0.15, 0.2) is 55.1 Å². The van der Waals surface area contributed by atoms with Crippen molar-refractivity contribution in [2.45, 2.75) is 32.7 Å². The van der Waals surface area contributed by atoms with E-state index in [9.17, 15) is 9.18 Å². The highest BCUT2D eigenvalue weighted by molar-refractivity contribution is 5.90. The number of ether oxygens (including phenoxy) is 1. The van der Waals surface area contributed by atoms with Crippen LogP contribution in [0.4, 0.5) is 15.8 Å². The van der Waals surface area contributed by atoms with Crippen molar-refractivity contribution >= 4 is 17.3 Å². The molecular weight excluding hydrogens is 371 g/mol. The fraction of sp³-hybridized carbons (Fsp3) is 0.318. The fourth-order valence-electron chi connectivity index (χ4n) is 3.54. The van der Waals surface area contributed by atoms with Crippen LogP contribution in [0.3, 0.4) is 0 Å². The number of aromatic nitrogens is 3. The zero-order chi connectivity index (χ0) is 20.8. The molecule has 152 valence electrons. The van der Waals surface area contributed by atoms with E-state index in [0.29, 0.717) is 11.6 Å². The first-order valence-electron chi connectivity index (χ1n) is 9.66. The maximum absolute atomic E-state index is 14.1. The van der Waals surface area contributed by atoms with Crippen molar-refractivity contribution in [2.75, 3.05) is 12.4 Å². The third-order valence-electron chi connectivity index (χ3n) is 5.13. The summed E-state index contributed by atoms with van der Waals surface area (Å²) in [5.74, 6) is -0.882. The normalized spacial score (nSPS) is 12.0. The molecule has 0 aliphatic rings.